The van der Waals surface area contributed by atoms with E-state index in [-0.39, 0.29) is 18.4 Å². The number of hydrogen-bond donors (Lipinski definition) is 2. The third-order valence-corrected chi connectivity index (χ3v) is 2.18. The van der Waals surface area contributed by atoms with Crippen molar-refractivity contribution < 1.29 is 9.90 Å². The monoisotopic (exact) mass is 211 g/mol. The van der Waals surface area contributed by atoms with Crippen LogP contribution in [-0.2, 0) is 7.05 Å². The average molecular weight is 211 g/mol. The maximum absolute atomic E-state index is 11.5. The van der Waals surface area contributed by atoms with Crippen molar-refractivity contribution in [3.05, 3.63) is 18.0 Å². The quantitative estimate of drug-likeness (QED) is 0.729. The molecule has 1 aromatic rings. The van der Waals surface area contributed by atoms with Crippen LogP contribution in [0.3, 0.4) is 0 Å². The number of carbonyl (C=O) groups is 1. The van der Waals surface area contributed by atoms with E-state index in [1.54, 1.807) is 24.0 Å². The van der Waals surface area contributed by atoms with Crippen molar-refractivity contribution in [3.63, 3.8) is 0 Å². The fraction of sp³-hybridized carbons (Fsp3) is 0.600. The van der Waals surface area contributed by atoms with E-state index in [1.807, 2.05) is 6.92 Å². The molecule has 15 heavy (non-hydrogen) atoms. The molecule has 0 radical (unpaired) electrons. The Morgan fingerprint density at radius 2 is 2.47 bits per heavy atom. The molecule has 0 spiro atoms. The molecule has 0 aliphatic heterocycles. The fourth-order valence-corrected chi connectivity index (χ4v) is 1.22. The molecule has 0 aromatic carbocycles. The minimum atomic E-state index is -0.166. The first-order valence-corrected chi connectivity index (χ1v) is 5.02. The van der Waals surface area contributed by atoms with Gasteiger partial charge >= 0.3 is 0 Å². The highest BCUT2D eigenvalue weighted by Crippen LogP contribution is 1.99. The van der Waals surface area contributed by atoms with Crippen molar-refractivity contribution in [1.29, 1.82) is 0 Å². The van der Waals surface area contributed by atoms with E-state index in [0.29, 0.717) is 18.7 Å². The molecule has 84 valence electrons. The summed E-state index contributed by atoms with van der Waals surface area (Å²) in [6.45, 7) is 2.70. The van der Waals surface area contributed by atoms with Crippen molar-refractivity contribution in [2.24, 2.45) is 13.0 Å². The summed E-state index contributed by atoms with van der Waals surface area (Å²) in [5, 5.41) is 15.5. The molecule has 1 heterocycles. The van der Waals surface area contributed by atoms with Crippen LogP contribution in [0, 0.1) is 5.92 Å². The van der Waals surface area contributed by atoms with Gasteiger partial charge in [-0.05, 0) is 18.4 Å². The first-order valence-electron chi connectivity index (χ1n) is 5.02. The van der Waals surface area contributed by atoms with E-state index in [1.165, 1.54) is 0 Å². The zero-order valence-electron chi connectivity index (χ0n) is 9.10. The van der Waals surface area contributed by atoms with E-state index in [0.717, 1.165) is 0 Å². The summed E-state index contributed by atoms with van der Waals surface area (Å²) in [6, 6.07) is 1.67. The lowest BCUT2D eigenvalue weighted by Gasteiger charge is -2.09. The van der Waals surface area contributed by atoms with Crippen LogP contribution in [-0.4, -0.2) is 33.9 Å². The van der Waals surface area contributed by atoms with Gasteiger partial charge in [0.2, 0.25) is 0 Å². The SMILES string of the molecule is CC(CCO)CNC(=O)c1ccn(C)n1. The summed E-state index contributed by atoms with van der Waals surface area (Å²) < 4.78 is 1.59. The minimum Gasteiger partial charge on any atom is -0.396 e. The molecular weight excluding hydrogens is 194 g/mol. The Morgan fingerprint density at radius 3 is 3.00 bits per heavy atom. The molecule has 1 atom stereocenters. The number of nitrogens with one attached hydrogen (secondary N) is 1. The highest BCUT2D eigenvalue weighted by molar-refractivity contribution is 5.92. The van der Waals surface area contributed by atoms with E-state index in [9.17, 15) is 4.79 Å². The van der Waals surface area contributed by atoms with Gasteiger partial charge in [-0.3, -0.25) is 9.48 Å². The number of hydrogen-bond acceptors (Lipinski definition) is 3. The van der Waals surface area contributed by atoms with Gasteiger partial charge in [-0.1, -0.05) is 6.92 Å². The second-order valence-corrected chi connectivity index (χ2v) is 3.70. The lowest BCUT2D eigenvalue weighted by molar-refractivity contribution is 0.0939. The van der Waals surface area contributed by atoms with Crippen LogP contribution in [0.15, 0.2) is 12.3 Å². The Kier molecular flexibility index (Phi) is 4.30. The van der Waals surface area contributed by atoms with E-state index in [2.05, 4.69) is 10.4 Å². The van der Waals surface area contributed by atoms with Gasteiger partial charge in [0.1, 0.15) is 5.69 Å². The average Bonchev–Trinajstić information content (AvgIpc) is 2.62. The van der Waals surface area contributed by atoms with E-state index >= 15 is 0 Å². The first-order chi connectivity index (χ1) is 7.13. The summed E-state index contributed by atoms with van der Waals surface area (Å²) in [5.74, 6) is 0.114. The van der Waals surface area contributed by atoms with Crippen molar-refractivity contribution in [2.75, 3.05) is 13.2 Å². The van der Waals surface area contributed by atoms with E-state index in [4.69, 9.17) is 5.11 Å². The molecule has 0 saturated heterocycles. The van der Waals surface area contributed by atoms with Gasteiger partial charge in [0.15, 0.2) is 0 Å². The number of amides is 1. The summed E-state index contributed by atoms with van der Waals surface area (Å²) in [5.41, 5.74) is 0.425. The third-order valence-electron chi connectivity index (χ3n) is 2.18. The number of nitrogens with zero attached hydrogens (tertiary/aromatic N) is 2. The Bertz CT molecular complexity index is 322. The molecule has 0 saturated carbocycles. The summed E-state index contributed by atoms with van der Waals surface area (Å²) in [6.07, 6.45) is 2.43. The van der Waals surface area contributed by atoms with Crippen LogP contribution in [0.25, 0.3) is 0 Å². The lowest BCUT2D eigenvalue weighted by Crippen LogP contribution is -2.29. The molecule has 0 fully saturated rings. The van der Waals surface area contributed by atoms with Crippen LogP contribution in [0.2, 0.25) is 0 Å². The molecule has 0 aliphatic carbocycles. The van der Waals surface area contributed by atoms with Gasteiger partial charge < -0.3 is 10.4 Å². The third kappa shape index (κ3) is 3.71. The molecule has 1 rings (SSSR count). The predicted molar refractivity (Wildman–Crippen MR) is 56.4 cm³/mol. The maximum Gasteiger partial charge on any atom is 0.271 e. The van der Waals surface area contributed by atoms with Gasteiger partial charge in [0, 0.05) is 26.4 Å². The van der Waals surface area contributed by atoms with Gasteiger partial charge in [0.05, 0.1) is 0 Å². The van der Waals surface area contributed by atoms with Crippen LogP contribution < -0.4 is 5.32 Å². The topological polar surface area (TPSA) is 67.2 Å². The summed E-state index contributed by atoms with van der Waals surface area (Å²) in [4.78, 5) is 11.5. The maximum atomic E-state index is 11.5. The van der Waals surface area contributed by atoms with Gasteiger partial charge in [-0.15, -0.1) is 0 Å². The second-order valence-electron chi connectivity index (χ2n) is 3.70. The second kappa shape index (κ2) is 5.50. The highest BCUT2D eigenvalue weighted by atomic mass is 16.3. The van der Waals surface area contributed by atoms with Crippen LogP contribution in [0.1, 0.15) is 23.8 Å². The summed E-state index contributed by atoms with van der Waals surface area (Å²) in [7, 11) is 1.77. The molecule has 0 bridgehead atoms. The lowest BCUT2D eigenvalue weighted by atomic mass is 10.1. The molecule has 1 unspecified atom stereocenters. The first kappa shape index (κ1) is 11.7. The normalized spacial score (nSPS) is 12.5. The zero-order valence-corrected chi connectivity index (χ0v) is 9.10. The Balaban J connectivity index is 2.36. The summed E-state index contributed by atoms with van der Waals surface area (Å²) >= 11 is 0. The van der Waals surface area contributed by atoms with Crippen LogP contribution in [0.5, 0.6) is 0 Å². The predicted octanol–water partition coefficient (Wildman–Crippen LogP) is 0.168. The number of aliphatic hydroxyl groups is 1. The Labute approximate surface area is 89.1 Å². The Hall–Kier alpha value is -1.36. The zero-order chi connectivity index (χ0) is 11.3. The molecule has 1 amide bonds. The largest absolute Gasteiger partial charge is 0.396 e. The molecule has 1 aromatic heterocycles. The Morgan fingerprint density at radius 1 is 1.73 bits per heavy atom. The van der Waals surface area contributed by atoms with Crippen LogP contribution in [0.4, 0.5) is 0 Å². The molecule has 5 heteroatoms. The molecular formula is C10H17N3O2. The van der Waals surface area contributed by atoms with Crippen molar-refractivity contribution in [2.45, 2.75) is 13.3 Å². The van der Waals surface area contributed by atoms with E-state index < -0.39 is 0 Å². The molecule has 5 nitrogen and oxygen atoms in total. The molecule has 0 aliphatic rings. The van der Waals surface area contributed by atoms with Crippen molar-refractivity contribution in [1.82, 2.24) is 15.1 Å². The standard InChI is InChI=1S/C10H17N3O2/c1-8(4-6-14)7-11-10(15)9-3-5-13(2)12-9/h3,5,8,14H,4,6-7H2,1-2H3,(H,11,15). The minimum absolute atomic E-state index is 0.153. The number of aromatic nitrogens is 2. The van der Waals surface area contributed by atoms with Crippen LogP contribution >= 0.6 is 0 Å². The van der Waals surface area contributed by atoms with Gasteiger partial charge in [0.25, 0.3) is 5.91 Å². The van der Waals surface area contributed by atoms with Crippen molar-refractivity contribution >= 4 is 5.91 Å². The number of aryl methyl sites for hydroxylation is 1. The smallest absolute Gasteiger partial charge is 0.271 e. The highest BCUT2D eigenvalue weighted by Gasteiger charge is 2.09. The fourth-order valence-electron chi connectivity index (χ4n) is 1.22. The number of aliphatic hydroxyl groups excluding tert-OH is 1. The van der Waals surface area contributed by atoms with Gasteiger partial charge in [-0.25, -0.2) is 0 Å². The van der Waals surface area contributed by atoms with Crippen molar-refractivity contribution in [3.8, 4) is 0 Å². The number of rotatable bonds is 5. The molecule has 2 N–H and O–H groups in total. The van der Waals surface area contributed by atoms with Gasteiger partial charge in [-0.2, -0.15) is 5.10 Å². The number of carbonyl (C=O) groups excluding carboxylic acids is 1.